The SMILES string of the molecule is CCCn1ccnc1CCC(O)C1CC1. The third-order valence-electron chi connectivity index (χ3n) is 3.10. The summed E-state index contributed by atoms with van der Waals surface area (Å²) in [7, 11) is 0. The molecule has 1 aromatic rings. The standard InChI is InChI=1S/C12H20N2O/c1-2-8-14-9-7-13-12(14)6-5-11(15)10-3-4-10/h7,9-11,15H,2-6,8H2,1H3. The zero-order valence-electron chi connectivity index (χ0n) is 9.39. The smallest absolute Gasteiger partial charge is 0.108 e. The number of hydrogen-bond donors (Lipinski definition) is 1. The molecule has 2 rings (SSSR count). The predicted octanol–water partition coefficient (Wildman–Crippen LogP) is 2.00. The minimum atomic E-state index is -0.100. The van der Waals surface area contributed by atoms with Crippen LogP contribution >= 0.6 is 0 Å². The first-order valence-corrected chi connectivity index (χ1v) is 5.99. The molecular formula is C12H20N2O. The molecule has 0 bridgehead atoms. The zero-order chi connectivity index (χ0) is 10.7. The van der Waals surface area contributed by atoms with Crippen LogP contribution in [-0.2, 0) is 13.0 Å². The van der Waals surface area contributed by atoms with E-state index < -0.39 is 0 Å². The van der Waals surface area contributed by atoms with Crippen LogP contribution in [0.15, 0.2) is 12.4 Å². The third kappa shape index (κ3) is 2.81. The molecule has 1 aliphatic rings. The highest BCUT2D eigenvalue weighted by atomic mass is 16.3. The third-order valence-corrected chi connectivity index (χ3v) is 3.10. The van der Waals surface area contributed by atoms with Gasteiger partial charge in [0.2, 0.25) is 0 Å². The first-order valence-electron chi connectivity index (χ1n) is 5.99. The second-order valence-corrected chi connectivity index (χ2v) is 4.48. The summed E-state index contributed by atoms with van der Waals surface area (Å²) >= 11 is 0. The van der Waals surface area contributed by atoms with Crippen LogP contribution in [0.3, 0.4) is 0 Å². The molecular weight excluding hydrogens is 188 g/mol. The van der Waals surface area contributed by atoms with Crippen molar-refractivity contribution in [3.05, 3.63) is 18.2 Å². The fourth-order valence-electron chi connectivity index (χ4n) is 2.01. The Labute approximate surface area is 91.1 Å². The van der Waals surface area contributed by atoms with Crippen LogP contribution < -0.4 is 0 Å². The Morgan fingerprint density at radius 2 is 2.40 bits per heavy atom. The summed E-state index contributed by atoms with van der Waals surface area (Å²) < 4.78 is 2.19. The summed E-state index contributed by atoms with van der Waals surface area (Å²) in [6, 6.07) is 0. The lowest BCUT2D eigenvalue weighted by Gasteiger charge is -2.10. The van der Waals surface area contributed by atoms with E-state index in [1.807, 2.05) is 12.4 Å². The summed E-state index contributed by atoms with van der Waals surface area (Å²) in [5, 5.41) is 9.77. The molecule has 1 aromatic heterocycles. The number of aromatic nitrogens is 2. The molecule has 84 valence electrons. The van der Waals surface area contributed by atoms with Gasteiger partial charge in [-0.3, -0.25) is 0 Å². The molecule has 0 spiro atoms. The van der Waals surface area contributed by atoms with Gasteiger partial charge in [-0.25, -0.2) is 4.98 Å². The van der Waals surface area contributed by atoms with Gasteiger partial charge in [-0.1, -0.05) is 6.92 Å². The monoisotopic (exact) mass is 208 g/mol. The molecule has 0 aromatic carbocycles. The number of rotatable bonds is 6. The van der Waals surface area contributed by atoms with Gasteiger partial charge in [-0.05, 0) is 31.6 Å². The molecule has 15 heavy (non-hydrogen) atoms. The number of aryl methyl sites for hydroxylation is 2. The van der Waals surface area contributed by atoms with Gasteiger partial charge in [0.05, 0.1) is 6.10 Å². The first kappa shape index (κ1) is 10.7. The lowest BCUT2D eigenvalue weighted by Crippen LogP contribution is -2.12. The molecule has 1 fully saturated rings. The minimum absolute atomic E-state index is 0.100. The maximum Gasteiger partial charge on any atom is 0.108 e. The molecule has 1 aliphatic carbocycles. The normalized spacial score (nSPS) is 18.0. The first-order chi connectivity index (χ1) is 7.31. The van der Waals surface area contributed by atoms with Crippen LogP contribution in [0.1, 0.15) is 38.4 Å². The van der Waals surface area contributed by atoms with E-state index in [-0.39, 0.29) is 6.10 Å². The van der Waals surface area contributed by atoms with Crippen molar-refractivity contribution < 1.29 is 5.11 Å². The minimum Gasteiger partial charge on any atom is -0.393 e. The average Bonchev–Trinajstić information content (AvgIpc) is 2.99. The highest BCUT2D eigenvalue weighted by Crippen LogP contribution is 2.34. The summed E-state index contributed by atoms with van der Waals surface area (Å²) in [6.45, 7) is 3.21. The van der Waals surface area contributed by atoms with E-state index in [2.05, 4.69) is 16.5 Å². The van der Waals surface area contributed by atoms with Crippen molar-refractivity contribution in [1.82, 2.24) is 9.55 Å². The second kappa shape index (κ2) is 4.79. The summed E-state index contributed by atoms with van der Waals surface area (Å²) in [6.07, 6.45) is 9.12. The number of imidazole rings is 1. The van der Waals surface area contributed by atoms with Crippen molar-refractivity contribution in [3.8, 4) is 0 Å². The fraction of sp³-hybridized carbons (Fsp3) is 0.750. The number of aliphatic hydroxyl groups excluding tert-OH is 1. The lowest BCUT2D eigenvalue weighted by molar-refractivity contribution is 0.141. The highest BCUT2D eigenvalue weighted by molar-refractivity contribution is 4.94. The molecule has 3 heteroatoms. The molecule has 1 heterocycles. The summed E-state index contributed by atoms with van der Waals surface area (Å²) in [5.41, 5.74) is 0. The number of nitrogens with zero attached hydrogens (tertiary/aromatic N) is 2. The maximum absolute atomic E-state index is 9.77. The fourth-order valence-corrected chi connectivity index (χ4v) is 2.01. The predicted molar refractivity (Wildman–Crippen MR) is 59.6 cm³/mol. The molecule has 3 nitrogen and oxygen atoms in total. The summed E-state index contributed by atoms with van der Waals surface area (Å²) in [5.74, 6) is 1.70. The van der Waals surface area contributed by atoms with Gasteiger partial charge in [-0.15, -0.1) is 0 Å². The van der Waals surface area contributed by atoms with Crippen molar-refractivity contribution in [2.24, 2.45) is 5.92 Å². The Balaban J connectivity index is 1.83. The van der Waals surface area contributed by atoms with Crippen LogP contribution in [0.5, 0.6) is 0 Å². The second-order valence-electron chi connectivity index (χ2n) is 4.48. The van der Waals surface area contributed by atoms with E-state index >= 15 is 0 Å². The molecule has 0 aliphatic heterocycles. The van der Waals surface area contributed by atoms with E-state index in [1.165, 1.54) is 12.8 Å². The van der Waals surface area contributed by atoms with Crippen molar-refractivity contribution in [3.63, 3.8) is 0 Å². The summed E-state index contributed by atoms with van der Waals surface area (Å²) in [4.78, 5) is 4.34. The molecule has 1 saturated carbocycles. The Hall–Kier alpha value is -0.830. The average molecular weight is 208 g/mol. The molecule has 0 saturated heterocycles. The van der Waals surface area contributed by atoms with Crippen molar-refractivity contribution in [1.29, 1.82) is 0 Å². The van der Waals surface area contributed by atoms with Crippen LogP contribution in [0.25, 0.3) is 0 Å². The number of hydrogen-bond acceptors (Lipinski definition) is 2. The van der Waals surface area contributed by atoms with E-state index in [9.17, 15) is 5.11 Å². The number of aliphatic hydroxyl groups is 1. The van der Waals surface area contributed by atoms with Crippen LogP contribution in [0.2, 0.25) is 0 Å². The van der Waals surface area contributed by atoms with E-state index in [1.54, 1.807) is 0 Å². The van der Waals surface area contributed by atoms with Crippen molar-refractivity contribution >= 4 is 0 Å². The van der Waals surface area contributed by atoms with Crippen LogP contribution in [-0.4, -0.2) is 20.8 Å². The van der Waals surface area contributed by atoms with Crippen LogP contribution in [0.4, 0.5) is 0 Å². The van der Waals surface area contributed by atoms with Gasteiger partial charge in [0, 0.05) is 25.4 Å². The molecule has 0 radical (unpaired) electrons. The van der Waals surface area contributed by atoms with Crippen molar-refractivity contribution in [2.75, 3.05) is 0 Å². The molecule has 1 N–H and O–H groups in total. The molecule has 0 amide bonds. The van der Waals surface area contributed by atoms with Gasteiger partial charge in [-0.2, -0.15) is 0 Å². The lowest BCUT2D eigenvalue weighted by atomic mass is 10.1. The Morgan fingerprint density at radius 3 is 3.07 bits per heavy atom. The zero-order valence-corrected chi connectivity index (χ0v) is 9.39. The van der Waals surface area contributed by atoms with Gasteiger partial charge < -0.3 is 9.67 Å². The van der Waals surface area contributed by atoms with E-state index in [0.717, 1.165) is 31.6 Å². The highest BCUT2D eigenvalue weighted by Gasteiger charge is 2.29. The largest absolute Gasteiger partial charge is 0.393 e. The van der Waals surface area contributed by atoms with Gasteiger partial charge in [0.1, 0.15) is 5.82 Å². The maximum atomic E-state index is 9.77. The topological polar surface area (TPSA) is 38.0 Å². The van der Waals surface area contributed by atoms with Crippen LogP contribution in [0, 0.1) is 5.92 Å². The molecule has 1 atom stereocenters. The van der Waals surface area contributed by atoms with E-state index in [0.29, 0.717) is 5.92 Å². The molecule has 1 unspecified atom stereocenters. The van der Waals surface area contributed by atoms with Gasteiger partial charge in [0.15, 0.2) is 0 Å². The Kier molecular flexibility index (Phi) is 3.41. The van der Waals surface area contributed by atoms with Gasteiger partial charge >= 0.3 is 0 Å². The quantitative estimate of drug-likeness (QED) is 0.776. The van der Waals surface area contributed by atoms with E-state index in [4.69, 9.17) is 0 Å². The Morgan fingerprint density at radius 1 is 1.60 bits per heavy atom. The van der Waals surface area contributed by atoms with Gasteiger partial charge in [0.25, 0.3) is 0 Å². The Bertz CT molecular complexity index is 304. The van der Waals surface area contributed by atoms with Crippen molar-refractivity contribution in [2.45, 2.75) is 51.7 Å².